The molecule has 206 valence electrons. The molecule has 1 heterocycles. The van der Waals surface area contributed by atoms with Crippen LogP contribution in [0.15, 0.2) is 41.6 Å². The second-order valence-electron chi connectivity index (χ2n) is 10.3. The van der Waals surface area contributed by atoms with Gasteiger partial charge in [0.2, 0.25) is 11.8 Å². The first-order valence-corrected chi connectivity index (χ1v) is 13.8. The molecule has 1 aliphatic heterocycles. The Labute approximate surface area is 225 Å². The Bertz CT molecular complexity index is 1110. The summed E-state index contributed by atoms with van der Waals surface area (Å²) in [7, 11) is 3.14. The zero-order valence-corrected chi connectivity index (χ0v) is 22.8. The second-order valence-corrected chi connectivity index (χ2v) is 10.3. The normalized spacial score (nSPS) is 22.8. The molecule has 1 aromatic rings. The summed E-state index contributed by atoms with van der Waals surface area (Å²) in [6.45, 7) is 2.91. The van der Waals surface area contributed by atoms with E-state index >= 15 is 0 Å². The molecule has 3 aliphatic rings. The van der Waals surface area contributed by atoms with Crippen LogP contribution in [0.4, 0.5) is 0 Å². The van der Waals surface area contributed by atoms with Crippen molar-refractivity contribution >= 4 is 17.8 Å². The summed E-state index contributed by atoms with van der Waals surface area (Å²) >= 11 is 0. The summed E-state index contributed by atoms with van der Waals surface area (Å²) in [4.78, 5) is 41.8. The summed E-state index contributed by atoms with van der Waals surface area (Å²) < 4.78 is 16.1. The number of amides is 2. The van der Waals surface area contributed by atoms with Gasteiger partial charge in [-0.3, -0.25) is 14.4 Å². The molecule has 0 spiro atoms. The van der Waals surface area contributed by atoms with E-state index in [0.717, 1.165) is 36.9 Å². The number of fused-ring (bicyclic) bond motifs is 1. The van der Waals surface area contributed by atoms with Crippen LogP contribution in [0.5, 0.6) is 11.5 Å². The standard InChI is InChI=1S/C30H40N2O6/c1-4-38-29(35)30-15-8-11-26(30)32(16-14-21-9-6-5-7-10-21)28(34)23(19-30)18-27(33)31-20-22-12-13-24(36-2)25(17-22)37-3/h9,11-13,17,23H,4-8,10,14-16,18-20H2,1-3H3,(H,31,33)/t23-,30+/m1/s1. The quantitative estimate of drug-likeness (QED) is 0.334. The zero-order chi connectivity index (χ0) is 27.1. The number of rotatable bonds is 11. The number of allylic oxidation sites excluding steroid dienone is 2. The molecule has 2 atom stereocenters. The van der Waals surface area contributed by atoms with Gasteiger partial charge in [-0.05, 0) is 76.0 Å². The van der Waals surface area contributed by atoms with Crippen LogP contribution in [0.25, 0.3) is 0 Å². The molecule has 2 aliphatic carbocycles. The number of likely N-dealkylation sites (tertiary alicyclic amines) is 1. The predicted octanol–water partition coefficient (Wildman–Crippen LogP) is 4.68. The molecule has 4 rings (SSSR count). The average Bonchev–Trinajstić information content (AvgIpc) is 3.37. The molecule has 1 saturated heterocycles. The van der Waals surface area contributed by atoms with Crippen LogP contribution >= 0.6 is 0 Å². The minimum Gasteiger partial charge on any atom is -0.493 e. The molecule has 1 fully saturated rings. The molecule has 0 unspecified atom stereocenters. The van der Waals surface area contributed by atoms with E-state index in [-0.39, 0.29) is 30.8 Å². The first-order valence-electron chi connectivity index (χ1n) is 13.8. The minimum atomic E-state index is -0.862. The Hall–Kier alpha value is -3.29. The van der Waals surface area contributed by atoms with Crippen molar-refractivity contribution in [2.45, 2.75) is 71.3 Å². The maximum absolute atomic E-state index is 13.7. The van der Waals surface area contributed by atoms with Crippen molar-refractivity contribution in [2.24, 2.45) is 11.3 Å². The lowest BCUT2D eigenvalue weighted by Gasteiger charge is -2.44. The number of nitrogens with zero attached hydrogens (tertiary/aromatic N) is 1. The minimum absolute atomic E-state index is 0.0275. The van der Waals surface area contributed by atoms with Gasteiger partial charge in [0.25, 0.3) is 0 Å². The first-order chi connectivity index (χ1) is 18.4. The van der Waals surface area contributed by atoms with Crippen LogP contribution in [-0.2, 0) is 25.7 Å². The molecule has 0 bridgehead atoms. The van der Waals surface area contributed by atoms with E-state index < -0.39 is 11.3 Å². The summed E-state index contributed by atoms with van der Waals surface area (Å²) in [6, 6.07) is 5.47. The lowest BCUT2D eigenvalue weighted by Crippen LogP contribution is -2.52. The lowest BCUT2D eigenvalue weighted by molar-refractivity contribution is -0.160. The fourth-order valence-corrected chi connectivity index (χ4v) is 6.02. The third kappa shape index (κ3) is 5.89. The van der Waals surface area contributed by atoms with E-state index in [2.05, 4.69) is 11.4 Å². The Kier molecular flexibility index (Phi) is 9.13. The van der Waals surface area contributed by atoms with Gasteiger partial charge in [0.1, 0.15) is 5.41 Å². The smallest absolute Gasteiger partial charge is 0.318 e. The number of ether oxygens (including phenoxy) is 3. The summed E-state index contributed by atoms with van der Waals surface area (Å²) in [6.07, 6.45) is 11.3. The van der Waals surface area contributed by atoms with Gasteiger partial charge in [0.15, 0.2) is 11.5 Å². The van der Waals surface area contributed by atoms with E-state index in [1.54, 1.807) is 32.1 Å². The largest absolute Gasteiger partial charge is 0.493 e. The highest BCUT2D eigenvalue weighted by molar-refractivity contribution is 5.92. The van der Waals surface area contributed by atoms with Crippen molar-refractivity contribution in [1.29, 1.82) is 0 Å². The third-order valence-corrected chi connectivity index (χ3v) is 7.98. The van der Waals surface area contributed by atoms with Gasteiger partial charge in [-0.15, -0.1) is 0 Å². The number of carbonyl (C=O) groups is 3. The molecule has 8 heteroatoms. The maximum atomic E-state index is 13.7. The van der Waals surface area contributed by atoms with Crippen molar-refractivity contribution < 1.29 is 28.6 Å². The Morgan fingerprint density at radius 2 is 1.92 bits per heavy atom. The molecule has 0 aromatic heterocycles. The molecular weight excluding hydrogens is 484 g/mol. The van der Waals surface area contributed by atoms with Crippen LogP contribution in [0.3, 0.4) is 0 Å². The number of esters is 1. The second kappa shape index (κ2) is 12.5. The number of hydrogen-bond acceptors (Lipinski definition) is 6. The molecular formula is C30H40N2O6. The molecule has 2 amide bonds. The van der Waals surface area contributed by atoms with Crippen molar-refractivity contribution in [3.63, 3.8) is 0 Å². The van der Waals surface area contributed by atoms with Crippen LogP contribution in [0.2, 0.25) is 0 Å². The van der Waals surface area contributed by atoms with E-state index in [0.29, 0.717) is 37.4 Å². The molecule has 0 radical (unpaired) electrons. The van der Waals surface area contributed by atoms with Gasteiger partial charge in [-0.2, -0.15) is 0 Å². The summed E-state index contributed by atoms with van der Waals surface area (Å²) in [5, 5.41) is 2.93. The van der Waals surface area contributed by atoms with Crippen LogP contribution in [0, 0.1) is 11.3 Å². The van der Waals surface area contributed by atoms with E-state index in [9.17, 15) is 14.4 Å². The van der Waals surface area contributed by atoms with E-state index in [4.69, 9.17) is 14.2 Å². The number of methoxy groups -OCH3 is 2. The number of hydrogen-bond donors (Lipinski definition) is 1. The maximum Gasteiger partial charge on any atom is 0.318 e. The summed E-state index contributed by atoms with van der Waals surface area (Å²) in [5.74, 6) is 0.0361. The number of benzene rings is 1. The Balaban J connectivity index is 1.48. The molecule has 38 heavy (non-hydrogen) atoms. The van der Waals surface area contributed by atoms with Gasteiger partial charge in [0.05, 0.1) is 20.8 Å². The highest BCUT2D eigenvalue weighted by atomic mass is 16.5. The molecule has 0 saturated carbocycles. The van der Waals surface area contributed by atoms with Gasteiger partial charge < -0.3 is 24.4 Å². The SMILES string of the molecule is CCOC(=O)[C@]12CCC=C1N(CCC1=CCCCC1)C(=O)[C@H](CC(=O)NCc1ccc(OC)c(OC)c1)C2. The highest BCUT2D eigenvalue weighted by Crippen LogP contribution is 2.51. The van der Waals surface area contributed by atoms with E-state index in [1.165, 1.54) is 18.4 Å². The monoisotopic (exact) mass is 524 g/mol. The third-order valence-electron chi connectivity index (χ3n) is 7.98. The van der Waals surface area contributed by atoms with Crippen LogP contribution in [-0.4, -0.2) is 50.1 Å². The van der Waals surface area contributed by atoms with Gasteiger partial charge in [0, 0.05) is 31.1 Å². The fraction of sp³-hybridized carbons (Fsp3) is 0.567. The average molecular weight is 525 g/mol. The van der Waals surface area contributed by atoms with Crippen molar-refractivity contribution in [1.82, 2.24) is 10.2 Å². The van der Waals surface area contributed by atoms with Crippen molar-refractivity contribution in [2.75, 3.05) is 27.4 Å². The number of piperidine rings is 1. The predicted molar refractivity (Wildman–Crippen MR) is 143 cm³/mol. The van der Waals surface area contributed by atoms with Crippen molar-refractivity contribution in [3.8, 4) is 11.5 Å². The zero-order valence-electron chi connectivity index (χ0n) is 22.8. The number of nitrogens with one attached hydrogen (secondary N) is 1. The van der Waals surface area contributed by atoms with Gasteiger partial charge in [-0.1, -0.05) is 23.8 Å². The van der Waals surface area contributed by atoms with Gasteiger partial charge in [-0.25, -0.2) is 0 Å². The first kappa shape index (κ1) is 27.7. The fourth-order valence-electron chi connectivity index (χ4n) is 6.02. The van der Waals surface area contributed by atoms with Crippen LogP contribution in [0.1, 0.15) is 70.3 Å². The highest BCUT2D eigenvalue weighted by Gasteiger charge is 2.55. The number of carbonyl (C=O) groups excluding carboxylic acids is 3. The van der Waals surface area contributed by atoms with Crippen LogP contribution < -0.4 is 14.8 Å². The lowest BCUT2D eigenvalue weighted by atomic mass is 9.71. The molecule has 8 nitrogen and oxygen atoms in total. The Morgan fingerprint density at radius 1 is 1.11 bits per heavy atom. The Morgan fingerprint density at radius 3 is 2.63 bits per heavy atom. The van der Waals surface area contributed by atoms with Gasteiger partial charge >= 0.3 is 5.97 Å². The summed E-state index contributed by atoms with van der Waals surface area (Å²) in [5.41, 5.74) is 2.15. The van der Waals surface area contributed by atoms with E-state index in [1.807, 2.05) is 18.2 Å². The molecule has 1 aromatic carbocycles. The van der Waals surface area contributed by atoms with Crippen molar-refractivity contribution in [3.05, 3.63) is 47.2 Å². The molecule has 1 N–H and O–H groups in total. The topological polar surface area (TPSA) is 94.2 Å².